The van der Waals surface area contributed by atoms with Crippen LogP contribution in [0.4, 0.5) is 0 Å². The molecule has 0 saturated heterocycles. The van der Waals surface area contributed by atoms with Crippen molar-refractivity contribution in [3.8, 4) is 5.75 Å². The molecule has 0 aliphatic rings. The van der Waals surface area contributed by atoms with Crippen LogP contribution in [0.5, 0.6) is 5.75 Å². The number of nitrogens with two attached hydrogens (primary N) is 1. The maximum Gasteiger partial charge on any atom is 0.122 e. The molecule has 1 rings (SSSR count). The summed E-state index contributed by atoms with van der Waals surface area (Å²) in [5, 5.41) is 19.3. The van der Waals surface area contributed by atoms with Crippen LogP contribution in [0.2, 0.25) is 0 Å². The lowest BCUT2D eigenvalue weighted by Crippen LogP contribution is -2.07. The number of hydrogen-bond acceptors (Lipinski definition) is 3. The molecule has 4 N–H and O–H groups in total. The lowest BCUT2D eigenvalue weighted by molar-refractivity contribution is 0.165. The third kappa shape index (κ3) is 2.26. The van der Waals surface area contributed by atoms with Crippen molar-refractivity contribution >= 4 is 15.9 Å². The normalized spacial score (nSPS) is 12.9. The molecule has 4 heteroatoms. The van der Waals surface area contributed by atoms with Gasteiger partial charge in [0.25, 0.3) is 0 Å². The molecule has 1 unspecified atom stereocenters. The molecule has 14 heavy (non-hydrogen) atoms. The van der Waals surface area contributed by atoms with Gasteiger partial charge in [-0.3, -0.25) is 0 Å². The lowest BCUT2D eigenvalue weighted by Gasteiger charge is -2.15. The minimum atomic E-state index is -0.714. The maximum absolute atomic E-state index is 9.74. The molecule has 78 valence electrons. The summed E-state index contributed by atoms with van der Waals surface area (Å²) in [6.45, 7) is 2.29. The molecule has 3 nitrogen and oxygen atoms in total. The fourth-order valence-corrected chi connectivity index (χ4v) is 1.91. The Kier molecular flexibility index (Phi) is 3.92. The first-order valence-corrected chi connectivity index (χ1v) is 5.23. The third-order valence-electron chi connectivity index (χ3n) is 2.12. The molecule has 0 fully saturated rings. The lowest BCUT2D eigenvalue weighted by atomic mass is 10.0. The Morgan fingerprint density at radius 3 is 2.71 bits per heavy atom. The molecule has 1 atom stereocenters. The summed E-state index contributed by atoms with van der Waals surface area (Å²) in [6.07, 6.45) is -0.274. The van der Waals surface area contributed by atoms with Crippen LogP contribution < -0.4 is 5.73 Å². The predicted octanol–water partition coefficient (Wildman–Crippen LogP) is 1.85. The predicted molar refractivity (Wildman–Crippen MR) is 59.2 cm³/mol. The number of aryl methyl sites for hydroxylation is 1. The molecule has 0 heterocycles. The maximum atomic E-state index is 9.74. The molecular weight excluding hydrogens is 246 g/mol. The van der Waals surface area contributed by atoms with Gasteiger partial charge in [0.1, 0.15) is 5.75 Å². The Morgan fingerprint density at radius 1 is 1.50 bits per heavy atom. The van der Waals surface area contributed by atoms with E-state index in [1.54, 1.807) is 12.1 Å². The quantitative estimate of drug-likeness (QED) is 0.776. The van der Waals surface area contributed by atoms with Crippen LogP contribution in [0, 0.1) is 6.92 Å². The second kappa shape index (κ2) is 4.77. The number of phenolic OH excluding ortho intramolecular Hbond substituents is 1. The minimum Gasteiger partial charge on any atom is -0.508 e. The van der Waals surface area contributed by atoms with Crippen molar-refractivity contribution in [3.05, 3.63) is 27.7 Å². The van der Waals surface area contributed by atoms with E-state index >= 15 is 0 Å². The van der Waals surface area contributed by atoms with Gasteiger partial charge in [-0.15, -0.1) is 0 Å². The molecule has 1 aromatic carbocycles. The highest BCUT2D eigenvalue weighted by Crippen LogP contribution is 2.35. The first kappa shape index (κ1) is 11.5. The molecule has 0 bridgehead atoms. The Hall–Kier alpha value is -0.580. The number of aliphatic hydroxyl groups is 1. The highest BCUT2D eigenvalue weighted by Gasteiger charge is 2.16. The van der Waals surface area contributed by atoms with Gasteiger partial charge >= 0.3 is 0 Å². The van der Waals surface area contributed by atoms with Crippen molar-refractivity contribution < 1.29 is 10.2 Å². The minimum absolute atomic E-state index is 0.100. The first-order chi connectivity index (χ1) is 6.57. The van der Waals surface area contributed by atoms with E-state index in [-0.39, 0.29) is 5.75 Å². The van der Waals surface area contributed by atoms with E-state index in [0.717, 1.165) is 10.0 Å². The van der Waals surface area contributed by atoms with E-state index in [1.165, 1.54) is 0 Å². The standard InChI is InChI=1S/C10H14BrNO2/c1-6-2-3-7(13)9(10(6)11)8(14)4-5-12/h2-3,8,13-14H,4-5,12H2,1H3. The summed E-state index contributed by atoms with van der Waals surface area (Å²) in [5.74, 6) is 0.100. The van der Waals surface area contributed by atoms with Gasteiger partial charge in [-0.25, -0.2) is 0 Å². The Balaban J connectivity index is 3.11. The van der Waals surface area contributed by atoms with Gasteiger partial charge < -0.3 is 15.9 Å². The summed E-state index contributed by atoms with van der Waals surface area (Å²) in [7, 11) is 0. The van der Waals surface area contributed by atoms with Crippen LogP contribution >= 0.6 is 15.9 Å². The van der Waals surface area contributed by atoms with Crippen LogP contribution in [0.3, 0.4) is 0 Å². The average molecular weight is 260 g/mol. The summed E-state index contributed by atoms with van der Waals surface area (Å²) in [4.78, 5) is 0. The highest BCUT2D eigenvalue weighted by atomic mass is 79.9. The van der Waals surface area contributed by atoms with E-state index in [2.05, 4.69) is 15.9 Å². The van der Waals surface area contributed by atoms with Crippen LogP contribution in [-0.2, 0) is 0 Å². The van der Waals surface area contributed by atoms with Gasteiger partial charge in [-0.1, -0.05) is 6.07 Å². The zero-order chi connectivity index (χ0) is 10.7. The summed E-state index contributed by atoms with van der Waals surface area (Å²) < 4.78 is 0.749. The van der Waals surface area contributed by atoms with Gasteiger partial charge in [0.05, 0.1) is 6.10 Å². The van der Waals surface area contributed by atoms with Crippen molar-refractivity contribution in [1.82, 2.24) is 0 Å². The molecule has 0 aliphatic carbocycles. The number of halogens is 1. The second-order valence-corrected chi connectivity index (χ2v) is 4.02. The summed E-state index contributed by atoms with van der Waals surface area (Å²) >= 11 is 3.34. The molecule has 1 aromatic rings. The van der Waals surface area contributed by atoms with Gasteiger partial charge in [-0.2, -0.15) is 0 Å². The molecule has 0 saturated carbocycles. The zero-order valence-corrected chi connectivity index (χ0v) is 9.58. The Morgan fingerprint density at radius 2 is 2.14 bits per heavy atom. The van der Waals surface area contributed by atoms with Crippen LogP contribution in [0.15, 0.2) is 16.6 Å². The molecule has 0 radical (unpaired) electrons. The zero-order valence-electron chi connectivity index (χ0n) is 8.00. The molecule has 0 spiro atoms. The van der Waals surface area contributed by atoms with Crippen LogP contribution in [0.25, 0.3) is 0 Å². The van der Waals surface area contributed by atoms with E-state index in [0.29, 0.717) is 18.5 Å². The molecule has 0 aromatic heterocycles. The molecule has 0 aliphatic heterocycles. The SMILES string of the molecule is Cc1ccc(O)c(C(O)CCN)c1Br. The number of rotatable bonds is 3. The van der Waals surface area contributed by atoms with E-state index in [1.807, 2.05) is 6.92 Å². The van der Waals surface area contributed by atoms with Crippen molar-refractivity contribution in [2.24, 2.45) is 5.73 Å². The smallest absolute Gasteiger partial charge is 0.122 e. The third-order valence-corrected chi connectivity index (χ3v) is 3.18. The van der Waals surface area contributed by atoms with Crippen molar-refractivity contribution in [2.75, 3.05) is 6.54 Å². The monoisotopic (exact) mass is 259 g/mol. The number of phenols is 1. The van der Waals surface area contributed by atoms with E-state index in [4.69, 9.17) is 5.73 Å². The van der Waals surface area contributed by atoms with Crippen molar-refractivity contribution in [3.63, 3.8) is 0 Å². The van der Waals surface area contributed by atoms with Gasteiger partial charge in [-0.05, 0) is 47.4 Å². The van der Waals surface area contributed by atoms with Gasteiger partial charge in [0.15, 0.2) is 0 Å². The summed E-state index contributed by atoms with van der Waals surface area (Å²) in [6, 6.07) is 3.37. The molecule has 0 amide bonds. The number of aromatic hydroxyl groups is 1. The Bertz CT molecular complexity index is 328. The largest absolute Gasteiger partial charge is 0.508 e. The first-order valence-electron chi connectivity index (χ1n) is 4.44. The topological polar surface area (TPSA) is 66.5 Å². The average Bonchev–Trinajstić information content (AvgIpc) is 2.13. The fourth-order valence-electron chi connectivity index (χ4n) is 1.31. The van der Waals surface area contributed by atoms with Crippen LogP contribution in [-0.4, -0.2) is 16.8 Å². The number of benzene rings is 1. The van der Waals surface area contributed by atoms with Gasteiger partial charge in [0.2, 0.25) is 0 Å². The number of aliphatic hydroxyl groups excluding tert-OH is 1. The van der Waals surface area contributed by atoms with Crippen molar-refractivity contribution in [2.45, 2.75) is 19.4 Å². The van der Waals surface area contributed by atoms with Crippen molar-refractivity contribution in [1.29, 1.82) is 0 Å². The highest BCUT2D eigenvalue weighted by molar-refractivity contribution is 9.10. The fraction of sp³-hybridized carbons (Fsp3) is 0.400. The van der Waals surface area contributed by atoms with Gasteiger partial charge in [0, 0.05) is 10.0 Å². The molecular formula is C10H14BrNO2. The van der Waals surface area contributed by atoms with E-state index < -0.39 is 6.10 Å². The summed E-state index contributed by atoms with van der Waals surface area (Å²) in [5.41, 5.74) is 6.85. The second-order valence-electron chi connectivity index (χ2n) is 3.22. The Labute approximate surface area is 91.7 Å². The number of hydrogen-bond donors (Lipinski definition) is 3. The van der Waals surface area contributed by atoms with E-state index in [9.17, 15) is 10.2 Å². The van der Waals surface area contributed by atoms with Crippen LogP contribution in [0.1, 0.15) is 23.7 Å².